The highest BCUT2D eigenvalue weighted by molar-refractivity contribution is 7.91. The number of fused-ring (bicyclic) bond motifs is 1. The maximum Gasteiger partial charge on any atom is 0.224 e. The Morgan fingerprint density at radius 3 is 2.60 bits per heavy atom. The number of carbonyl (C=O) groups excluding carboxylic acids is 1. The fourth-order valence-corrected chi connectivity index (χ4v) is 4.53. The first-order valence-electron chi connectivity index (χ1n) is 7.69. The molecule has 0 atom stereocenters. The standard InChI is InChI=1S/C18H16FNO3S2/c19-14-3-6-16(7-4-14)25(22,23)11-1-2-18(21)20-15-5-8-17-13(12-15)9-10-24-17/h3-10,12H,1-2,11H2,(H,20,21). The van der Waals surface area contributed by atoms with Crippen LogP contribution in [0.25, 0.3) is 10.1 Å². The van der Waals surface area contributed by atoms with Crippen LogP contribution in [0.2, 0.25) is 0 Å². The topological polar surface area (TPSA) is 63.2 Å². The van der Waals surface area contributed by atoms with Gasteiger partial charge in [-0.05, 0) is 65.7 Å². The van der Waals surface area contributed by atoms with Crippen LogP contribution < -0.4 is 5.32 Å². The summed E-state index contributed by atoms with van der Waals surface area (Å²) in [5.74, 6) is -0.875. The lowest BCUT2D eigenvalue weighted by atomic mass is 10.2. The zero-order valence-corrected chi connectivity index (χ0v) is 14.9. The Bertz CT molecular complexity index is 995. The van der Waals surface area contributed by atoms with E-state index in [1.807, 2.05) is 29.6 Å². The number of nitrogens with one attached hydrogen (secondary N) is 1. The van der Waals surface area contributed by atoms with Crippen LogP contribution in [0.4, 0.5) is 10.1 Å². The Morgan fingerprint density at radius 2 is 1.84 bits per heavy atom. The maximum atomic E-state index is 12.9. The molecule has 25 heavy (non-hydrogen) atoms. The van der Waals surface area contributed by atoms with Gasteiger partial charge >= 0.3 is 0 Å². The van der Waals surface area contributed by atoms with Crippen LogP contribution in [0.5, 0.6) is 0 Å². The molecule has 0 aliphatic carbocycles. The molecule has 3 aromatic rings. The van der Waals surface area contributed by atoms with Crippen molar-refractivity contribution in [1.82, 2.24) is 0 Å². The molecule has 4 nitrogen and oxygen atoms in total. The second-order valence-corrected chi connectivity index (χ2v) is 8.65. The summed E-state index contributed by atoms with van der Waals surface area (Å²) in [6.07, 6.45) is 0.300. The van der Waals surface area contributed by atoms with Crippen LogP contribution >= 0.6 is 11.3 Å². The molecule has 0 aliphatic rings. The van der Waals surface area contributed by atoms with Gasteiger partial charge in [-0.2, -0.15) is 0 Å². The average Bonchev–Trinajstić information content (AvgIpc) is 3.02. The molecule has 7 heteroatoms. The molecule has 1 N–H and O–H groups in total. The molecule has 2 aromatic carbocycles. The van der Waals surface area contributed by atoms with Gasteiger partial charge in [0.1, 0.15) is 5.82 Å². The van der Waals surface area contributed by atoms with E-state index in [0.29, 0.717) is 5.69 Å². The Balaban J connectivity index is 1.54. The highest BCUT2D eigenvalue weighted by Gasteiger charge is 2.15. The van der Waals surface area contributed by atoms with E-state index in [9.17, 15) is 17.6 Å². The monoisotopic (exact) mass is 377 g/mol. The first-order chi connectivity index (χ1) is 11.9. The van der Waals surface area contributed by atoms with Crippen molar-refractivity contribution in [3.8, 4) is 0 Å². The SMILES string of the molecule is O=C(CCCS(=O)(=O)c1ccc(F)cc1)Nc1ccc2sccc2c1. The smallest absolute Gasteiger partial charge is 0.224 e. The van der Waals surface area contributed by atoms with Crippen molar-refractivity contribution >= 4 is 42.9 Å². The quantitative estimate of drug-likeness (QED) is 0.654. The fourth-order valence-electron chi connectivity index (χ4n) is 2.45. The predicted molar refractivity (Wildman–Crippen MR) is 98.1 cm³/mol. The number of halogens is 1. The van der Waals surface area contributed by atoms with E-state index >= 15 is 0 Å². The third-order valence-electron chi connectivity index (χ3n) is 3.73. The number of sulfone groups is 1. The van der Waals surface area contributed by atoms with E-state index in [1.165, 1.54) is 12.1 Å². The van der Waals surface area contributed by atoms with Crippen LogP contribution in [-0.4, -0.2) is 20.1 Å². The van der Waals surface area contributed by atoms with Gasteiger partial charge in [0.25, 0.3) is 0 Å². The van der Waals surface area contributed by atoms with E-state index in [1.54, 1.807) is 11.3 Å². The molecule has 0 spiro atoms. The van der Waals surface area contributed by atoms with Crippen molar-refractivity contribution in [2.75, 3.05) is 11.1 Å². The normalized spacial score (nSPS) is 11.6. The number of anilines is 1. The summed E-state index contributed by atoms with van der Waals surface area (Å²) in [5.41, 5.74) is 0.692. The molecule has 1 amide bonds. The lowest BCUT2D eigenvalue weighted by Crippen LogP contribution is -2.14. The highest BCUT2D eigenvalue weighted by Crippen LogP contribution is 2.24. The van der Waals surface area contributed by atoms with Crippen LogP contribution in [0.3, 0.4) is 0 Å². The number of benzene rings is 2. The summed E-state index contributed by atoms with van der Waals surface area (Å²) < 4.78 is 38.3. The molecular formula is C18H16FNO3S2. The van der Waals surface area contributed by atoms with Gasteiger partial charge in [0, 0.05) is 16.8 Å². The van der Waals surface area contributed by atoms with Crippen LogP contribution in [-0.2, 0) is 14.6 Å². The van der Waals surface area contributed by atoms with Crippen LogP contribution in [0.15, 0.2) is 58.8 Å². The molecule has 0 bridgehead atoms. The molecule has 0 radical (unpaired) electrons. The number of thiophene rings is 1. The molecule has 130 valence electrons. The lowest BCUT2D eigenvalue weighted by Gasteiger charge is -2.06. The highest BCUT2D eigenvalue weighted by atomic mass is 32.2. The molecular weight excluding hydrogens is 361 g/mol. The lowest BCUT2D eigenvalue weighted by molar-refractivity contribution is -0.116. The number of rotatable bonds is 6. The summed E-state index contributed by atoms with van der Waals surface area (Å²) in [6, 6.07) is 12.3. The van der Waals surface area contributed by atoms with Crippen LogP contribution in [0.1, 0.15) is 12.8 Å². The largest absolute Gasteiger partial charge is 0.326 e. The van der Waals surface area contributed by atoms with Crippen molar-refractivity contribution in [3.05, 3.63) is 59.7 Å². The first kappa shape index (κ1) is 17.6. The van der Waals surface area contributed by atoms with Gasteiger partial charge in [0.2, 0.25) is 5.91 Å². The van der Waals surface area contributed by atoms with Crippen LogP contribution in [0, 0.1) is 5.82 Å². The summed E-state index contributed by atoms with van der Waals surface area (Å²) in [5, 5.41) is 5.82. The molecule has 0 aliphatic heterocycles. The Kier molecular flexibility index (Phi) is 5.15. The van der Waals surface area contributed by atoms with Gasteiger partial charge in [-0.3, -0.25) is 4.79 Å². The molecule has 0 saturated heterocycles. The fraction of sp³-hybridized carbons (Fsp3) is 0.167. The van der Waals surface area contributed by atoms with E-state index in [-0.39, 0.29) is 29.4 Å². The van der Waals surface area contributed by atoms with Crippen molar-refractivity contribution in [2.24, 2.45) is 0 Å². The van der Waals surface area contributed by atoms with Crippen molar-refractivity contribution < 1.29 is 17.6 Å². The van der Waals surface area contributed by atoms with Crippen molar-refractivity contribution in [3.63, 3.8) is 0 Å². The van der Waals surface area contributed by atoms with Crippen molar-refractivity contribution in [1.29, 1.82) is 0 Å². The van der Waals surface area contributed by atoms with E-state index < -0.39 is 15.7 Å². The zero-order chi connectivity index (χ0) is 17.9. The van der Waals surface area contributed by atoms with E-state index in [0.717, 1.165) is 22.2 Å². The van der Waals surface area contributed by atoms with Crippen molar-refractivity contribution in [2.45, 2.75) is 17.7 Å². The number of hydrogen-bond acceptors (Lipinski definition) is 4. The van der Waals surface area contributed by atoms with Gasteiger partial charge in [-0.1, -0.05) is 0 Å². The second-order valence-electron chi connectivity index (χ2n) is 5.60. The maximum absolute atomic E-state index is 12.9. The summed E-state index contributed by atoms with van der Waals surface area (Å²) in [6.45, 7) is 0. The minimum absolute atomic E-state index is 0.0669. The third kappa shape index (κ3) is 4.43. The summed E-state index contributed by atoms with van der Waals surface area (Å²) >= 11 is 1.63. The van der Waals surface area contributed by atoms with Gasteiger partial charge in [0.15, 0.2) is 9.84 Å². The Morgan fingerprint density at radius 1 is 1.08 bits per heavy atom. The second kappa shape index (κ2) is 7.33. The Labute approximate surface area is 149 Å². The molecule has 3 rings (SSSR count). The average molecular weight is 377 g/mol. The third-order valence-corrected chi connectivity index (χ3v) is 6.44. The minimum Gasteiger partial charge on any atom is -0.326 e. The Hall–Kier alpha value is -2.25. The summed E-state index contributed by atoms with van der Waals surface area (Å²) in [7, 11) is -3.51. The van der Waals surface area contributed by atoms with E-state index in [4.69, 9.17) is 0 Å². The van der Waals surface area contributed by atoms with Gasteiger partial charge in [-0.15, -0.1) is 11.3 Å². The number of hydrogen-bond donors (Lipinski definition) is 1. The molecule has 0 saturated carbocycles. The predicted octanol–water partition coefficient (Wildman–Crippen LogP) is 4.23. The molecule has 1 heterocycles. The molecule has 0 unspecified atom stereocenters. The molecule has 1 aromatic heterocycles. The van der Waals surface area contributed by atoms with Gasteiger partial charge in [0.05, 0.1) is 10.6 Å². The zero-order valence-electron chi connectivity index (χ0n) is 13.2. The first-order valence-corrected chi connectivity index (χ1v) is 10.2. The number of carbonyl (C=O) groups is 1. The van der Waals surface area contributed by atoms with E-state index in [2.05, 4.69) is 5.32 Å². The summed E-state index contributed by atoms with van der Waals surface area (Å²) in [4.78, 5) is 12.1. The molecule has 0 fully saturated rings. The van der Waals surface area contributed by atoms with Gasteiger partial charge < -0.3 is 5.32 Å². The number of amides is 1. The minimum atomic E-state index is -3.51. The van der Waals surface area contributed by atoms with Gasteiger partial charge in [-0.25, -0.2) is 12.8 Å².